The molecule has 0 saturated heterocycles. The topological polar surface area (TPSA) is 38.0 Å². The zero-order valence-electron chi connectivity index (χ0n) is 15.9. The van der Waals surface area contributed by atoms with Gasteiger partial charge in [-0.05, 0) is 74.4 Å². The fourth-order valence-electron chi connectivity index (χ4n) is 3.71. The first kappa shape index (κ1) is 17.8. The molecule has 0 saturated carbocycles. The van der Waals surface area contributed by atoms with E-state index in [4.69, 9.17) is 5.73 Å². The molecule has 1 aliphatic carbocycles. The molecule has 1 unspecified atom stereocenters. The van der Waals surface area contributed by atoms with Crippen LogP contribution in [0.15, 0.2) is 60.2 Å². The van der Waals surface area contributed by atoms with Crippen LogP contribution in [0.2, 0.25) is 0 Å². The predicted octanol–water partition coefficient (Wildman–Crippen LogP) is 4.67. The lowest BCUT2D eigenvalue weighted by molar-refractivity contribution is 0.437. The highest BCUT2D eigenvalue weighted by Crippen LogP contribution is 2.33. The zero-order valence-corrected chi connectivity index (χ0v) is 15.9. The Kier molecular flexibility index (Phi) is 4.51. The minimum absolute atomic E-state index is 0.0378. The highest BCUT2D eigenvalue weighted by atomic mass is 15.0. The molecule has 2 aliphatic rings. The van der Waals surface area contributed by atoms with E-state index in [2.05, 4.69) is 76.0 Å². The van der Waals surface area contributed by atoms with Crippen molar-refractivity contribution in [3.05, 3.63) is 76.9 Å². The molecule has 0 spiro atoms. The Morgan fingerprint density at radius 3 is 2.72 bits per heavy atom. The van der Waals surface area contributed by atoms with Crippen molar-refractivity contribution in [2.75, 3.05) is 0 Å². The highest BCUT2D eigenvalue weighted by Gasteiger charge is 2.28. The Hall–Kier alpha value is -2.06. The number of fused-ring (bicyclic) bond motifs is 1. The maximum Gasteiger partial charge on any atom is 0.0426 e. The van der Waals surface area contributed by atoms with Crippen molar-refractivity contribution >= 4 is 5.70 Å². The van der Waals surface area contributed by atoms with Crippen LogP contribution in [0.3, 0.4) is 0 Å². The number of allylic oxidation sites excluding steroid dienone is 4. The summed E-state index contributed by atoms with van der Waals surface area (Å²) in [5.41, 5.74) is 13.5. The van der Waals surface area contributed by atoms with E-state index in [1.54, 1.807) is 0 Å². The third-order valence-electron chi connectivity index (χ3n) is 5.05. The SMILES string of the molecule is C=C(/C=C1\NC(C)(C)Cc2ccc(CC)cc21)C1=CC=CC(C)(N)C1. The summed E-state index contributed by atoms with van der Waals surface area (Å²) < 4.78 is 0. The van der Waals surface area contributed by atoms with E-state index in [0.717, 1.165) is 24.8 Å². The minimum Gasteiger partial charge on any atom is -0.379 e. The lowest BCUT2D eigenvalue weighted by Gasteiger charge is -2.36. The Labute approximate surface area is 152 Å². The Balaban J connectivity index is 1.98. The smallest absolute Gasteiger partial charge is 0.0426 e. The van der Waals surface area contributed by atoms with Crippen LogP contribution in [0.1, 0.15) is 50.8 Å². The van der Waals surface area contributed by atoms with Crippen molar-refractivity contribution in [1.82, 2.24) is 5.32 Å². The van der Waals surface area contributed by atoms with E-state index in [1.165, 1.54) is 28.0 Å². The third-order valence-corrected chi connectivity index (χ3v) is 5.05. The van der Waals surface area contributed by atoms with E-state index in [0.29, 0.717) is 0 Å². The molecule has 1 aromatic carbocycles. The number of hydrogen-bond acceptors (Lipinski definition) is 2. The molecule has 3 N–H and O–H groups in total. The van der Waals surface area contributed by atoms with Crippen LogP contribution in [0, 0.1) is 0 Å². The summed E-state index contributed by atoms with van der Waals surface area (Å²) in [7, 11) is 0. The average molecular weight is 335 g/mol. The van der Waals surface area contributed by atoms with Crippen molar-refractivity contribution in [2.24, 2.45) is 5.73 Å². The lowest BCUT2D eigenvalue weighted by Crippen LogP contribution is -2.43. The second kappa shape index (κ2) is 6.34. The minimum atomic E-state index is -0.294. The standard InChI is InChI=1S/C23H30N2/c1-6-17-9-10-19-14-22(3,4)25-21(20(19)13-17)12-16(2)18-8-7-11-23(5,24)15-18/h7-13,25H,2,6,14-15,24H2,1,3-5H3/b21-12-. The van der Waals surface area contributed by atoms with Crippen LogP contribution in [0.4, 0.5) is 0 Å². The molecule has 0 aromatic heterocycles. The van der Waals surface area contributed by atoms with Gasteiger partial charge in [-0.3, -0.25) is 0 Å². The third kappa shape index (κ3) is 3.96. The first-order valence-corrected chi connectivity index (χ1v) is 9.18. The van der Waals surface area contributed by atoms with Crippen LogP contribution in [0.25, 0.3) is 5.70 Å². The number of benzene rings is 1. The molecule has 3 rings (SSSR count). The maximum absolute atomic E-state index is 6.29. The van der Waals surface area contributed by atoms with Gasteiger partial charge in [0.05, 0.1) is 0 Å². The van der Waals surface area contributed by atoms with Crippen LogP contribution >= 0.6 is 0 Å². The maximum atomic E-state index is 6.29. The van der Waals surface area contributed by atoms with Gasteiger partial charge in [-0.1, -0.05) is 43.9 Å². The molecule has 1 aromatic rings. The Morgan fingerprint density at radius 1 is 1.28 bits per heavy atom. The van der Waals surface area contributed by atoms with E-state index >= 15 is 0 Å². The Bertz CT molecular complexity index is 788. The number of aryl methyl sites for hydroxylation is 1. The van der Waals surface area contributed by atoms with Gasteiger partial charge in [0.25, 0.3) is 0 Å². The molecule has 2 nitrogen and oxygen atoms in total. The van der Waals surface area contributed by atoms with Crippen molar-refractivity contribution in [3.8, 4) is 0 Å². The fraction of sp³-hybridized carbons (Fsp3) is 0.391. The van der Waals surface area contributed by atoms with Gasteiger partial charge in [-0.2, -0.15) is 0 Å². The monoisotopic (exact) mass is 334 g/mol. The molecule has 0 bridgehead atoms. The second-order valence-electron chi connectivity index (χ2n) is 8.35. The molecule has 25 heavy (non-hydrogen) atoms. The van der Waals surface area contributed by atoms with Crippen LogP contribution in [-0.2, 0) is 12.8 Å². The summed E-state index contributed by atoms with van der Waals surface area (Å²) >= 11 is 0. The number of rotatable bonds is 3. The van der Waals surface area contributed by atoms with Gasteiger partial charge in [0.2, 0.25) is 0 Å². The first-order chi connectivity index (χ1) is 11.7. The van der Waals surface area contributed by atoms with Gasteiger partial charge in [0, 0.05) is 22.3 Å². The van der Waals surface area contributed by atoms with Crippen molar-refractivity contribution in [1.29, 1.82) is 0 Å². The van der Waals surface area contributed by atoms with Crippen molar-refractivity contribution in [3.63, 3.8) is 0 Å². The summed E-state index contributed by atoms with van der Waals surface area (Å²) in [6.07, 6.45) is 11.3. The molecular weight excluding hydrogens is 304 g/mol. The van der Waals surface area contributed by atoms with Crippen molar-refractivity contribution < 1.29 is 0 Å². The zero-order chi connectivity index (χ0) is 18.2. The lowest BCUT2D eigenvalue weighted by atomic mass is 9.83. The number of nitrogens with two attached hydrogens (primary N) is 1. The van der Waals surface area contributed by atoms with Gasteiger partial charge in [0.15, 0.2) is 0 Å². The summed E-state index contributed by atoms with van der Waals surface area (Å²) in [6.45, 7) is 13.1. The summed E-state index contributed by atoms with van der Waals surface area (Å²) in [5, 5.41) is 3.71. The van der Waals surface area contributed by atoms with Gasteiger partial charge in [-0.15, -0.1) is 0 Å². The predicted molar refractivity (Wildman–Crippen MR) is 108 cm³/mol. The quantitative estimate of drug-likeness (QED) is 0.842. The molecule has 1 aliphatic heterocycles. The molecular formula is C23H30N2. The molecule has 132 valence electrons. The van der Waals surface area contributed by atoms with Crippen molar-refractivity contribution in [2.45, 2.75) is 58.0 Å². The average Bonchev–Trinajstić information content (AvgIpc) is 2.52. The molecule has 0 radical (unpaired) electrons. The van der Waals surface area contributed by atoms with Gasteiger partial charge in [0.1, 0.15) is 0 Å². The molecule has 0 amide bonds. The number of hydrogen-bond donors (Lipinski definition) is 2. The van der Waals surface area contributed by atoms with Gasteiger partial charge >= 0.3 is 0 Å². The summed E-state index contributed by atoms with van der Waals surface area (Å²) in [4.78, 5) is 0. The van der Waals surface area contributed by atoms with Gasteiger partial charge < -0.3 is 11.1 Å². The molecule has 2 heteroatoms. The Morgan fingerprint density at radius 2 is 2.04 bits per heavy atom. The van der Waals surface area contributed by atoms with Gasteiger partial charge in [-0.25, -0.2) is 0 Å². The van der Waals surface area contributed by atoms with E-state index in [9.17, 15) is 0 Å². The second-order valence-corrected chi connectivity index (χ2v) is 8.35. The van der Waals surface area contributed by atoms with Crippen LogP contribution < -0.4 is 11.1 Å². The first-order valence-electron chi connectivity index (χ1n) is 9.18. The highest BCUT2D eigenvalue weighted by molar-refractivity contribution is 5.73. The summed E-state index contributed by atoms with van der Waals surface area (Å²) in [6, 6.07) is 6.85. The molecule has 1 heterocycles. The molecule has 1 atom stereocenters. The normalized spacial score (nSPS) is 26.0. The van der Waals surface area contributed by atoms with E-state index in [-0.39, 0.29) is 11.1 Å². The summed E-state index contributed by atoms with van der Waals surface area (Å²) in [5.74, 6) is 0. The van der Waals surface area contributed by atoms with E-state index < -0.39 is 0 Å². The largest absolute Gasteiger partial charge is 0.379 e. The van der Waals surface area contributed by atoms with E-state index in [1.807, 2.05) is 6.08 Å². The molecule has 0 fully saturated rings. The van der Waals surface area contributed by atoms with Crippen LogP contribution in [0.5, 0.6) is 0 Å². The fourth-order valence-corrected chi connectivity index (χ4v) is 3.71. The van der Waals surface area contributed by atoms with Crippen LogP contribution in [-0.4, -0.2) is 11.1 Å². The number of nitrogens with one attached hydrogen (secondary N) is 1.